The van der Waals surface area contributed by atoms with E-state index in [0.29, 0.717) is 77.0 Å². The number of ether oxygens (including phenoxy) is 2. The van der Waals surface area contributed by atoms with Crippen LogP contribution in [0.2, 0.25) is 10.0 Å². The van der Waals surface area contributed by atoms with Crippen LogP contribution >= 0.6 is 23.2 Å². The molecule has 2 amide bonds. The lowest BCUT2D eigenvalue weighted by Crippen LogP contribution is -2.20. The molecular weight excluding hydrogens is 729 g/mol. The lowest BCUT2D eigenvalue weighted by Gasteiger charge is -2.08. The molecule has 0 bridgehead atoms. The number of fused-ring (bicyclic) bond motifs is 2. The summed E-state index contributed by atoms with van der Waals surface area (Å²) in [5.41, 5.74) is 9.60. The highest BCUT2D eigenvalue weighted by Gasteiger charge is 2.24. The fraction of sp³-hybridized carbons (Fsp3) is 0.179. The smallest absolute Gasteiger partial charge is 0.262 e. The number of methoxy groups -OCH3 is 2. The molecule has 6 aromatic rings. The molecule has 0 aliphatic heterocycles. The van der Waals surface area contributed by atoms with Crippen molar-refractivity contribution in [3.8, 4) is 11.5 Å². The van der Waals surface area contributed by atoms with Gasteiger partial charge in [0.2, 0.25) is 11.8 Å². The number of halogens is 4. The summed E-state index contributed by atoms with van der Waals surface area (Å²) in [5.74, 6) is -1.36. The van der Waals surface area contributed by atoms with Gasteiger partial charge in [0.1, 0.15) is 23.1 Å². The molecule has 53 heavy (non-hydrogen) atoms. The zero-order valence-electron chi connectivity index (χ0n) is 29.3. The van der Waals surface area contributed by atoms with Gasteiger partial charge in [0.25, 0.3) is 11.8 Å². The number of carbonyl (C=O) groups excluding carboxylic acids is 4. The van der Waals surface area contributed by atoms with Crippen LogP contribution < -0.4 is 20.5 Å². The van der Waals surface area contributed by atoms with Crippen molar-refractivity contribution < 1.29 is 37.4 Å². The van der Waals surface area contributed by atoms with Gasteiger partial charge in [-0.2, -0.15) is 0 Å². The molecule has 14 heteroatoms. The van der Waals surface area contributed by atoms with E-state index in [-0.39, 0.29) is 30.6 Å². The van der Waals surface area contributed by atoms with E-state index in [0.717, 1.165) is 0 Å². The van der Waals surface area contributed by atoms with Gasteiger partial charge in [-0.25, -0.2) is 8.78 Å². The number of benzene rings is 4. The van der Waals surface area contributed by atoms with Gasteiger partial charge in [0.05, 0.1) is 48.1 Å². The van der Waals surface area contributed by atoms with E-state index in [1.807, 2.05) is 0 Å². The number of primary amides is 1. The van der Waals surface area contributed by atoms with Gasteiger partial charge >= 0.3 is 0 Å². The van der Waals surface area contributed by atoms with E-state index in [1.165, 1.54) is 71.9 Å². The number of likely N-dealkylation sites (N-methyl/N-ethyl adjacent to an activating group) is 1. The lowest BCUT2D eigenvalue weighted by atomic mass is 10.1. The number of nitrogens with one attached hydrogen (secondary N) is 1. The van der Waals surface area contributed by atoms with Gasteiger partial charge in [0.15, 0.2) is 0 Å². The van der Waals surface area contributed by atoms with E-state index in [4.69, 9.17) is 38.4 Å². The summed E-state index contributed by atoms with van der Waals surface area (Å²) in [6.07, 6.45) is 0.0735. The van der Waals surface area contributed by atoms with Gasteiger partial charge in [-0.1, -0.05) is 23.2 Å². The van der Waals surface area contributed by atoms with E-state index in [1.54, 1.807) is 45.2 Å². The molecule has 4 aromatic carbocycles. The first kappa shape index (κ1) is 38.5. The number of nitrogens with zero attached hydrogens (tertiary/aromatic N) is 2. The zero-order valence-corrected chi connectivity index (χ0v) is 30.8. The Balaban J connectivity index is 0.000000204. The van der Waals surface area contributed by atoms with Crippen LogP contribution in [-0.4, -0.2) is 54.0 Å². The Bertz CT molecular complexity index is 2400. The molecule has 0 aliphatic carbocycles. The molecule has 6 rings (SSSR count). The Labute approximate surface area is 313 Å². The topological polar surface area (TPSA) is 135 Å². The molecule has 0 unspecified atom stereocenters. The van der Waals surface area contributed by atoms with Crippen LogP contribution in [0.4, 0.5) is 8.78 Å². The minimum atomic E-state index is -0.518. The fourth-order valence-electron chi connectivity index (χ4n) is 6.11. The summed E-state index contributed by atoms with van der Waals surface area (Å²) in [5, 5.41) is 4.62. The molecule has 0 fully saturated rings. The Morgan fingerprint density at radius 2 is 1.06 bits per heavy atom. The van der Waals surface area contributed by atoms with Gasteiger partial charge in [0, 0.05) is 40.3 Å². The van der Waals surface area contributed by atoms with E-state index >= 15 is 0 Å². The molecule has 0 radical (unpaired) electrons. The number of rotatable bonds is 8. The minimum absolute atomic E-state index is 0.0309. The Kier molecular flexibility index (Phi) is 11.5. The maximum atomic E-state index is 13.2. The van der Waals surface area contributed by atoms with Crippen molar-refractivity contribution in [1.29, 1.82) is 0 Å². The molecule has 0 aliphatic rings. The van der Waals surface area contributed by atoms with E-state index in [9.17, 15) is 28.0 Å². The Hall–Kier alpha value is -5.72. The predicted octanol–water partition coefficient (Wildman–Crippen LogP) is 7.19. The van der Waals surface area contributed by atoms with Gasteiger partial charge in [-0.15, -0.1) is 0 Å². The number of aromatic nitrogens is 2. The highest BCUT2D eigenvalue weighted by atomic mass is 35.5. The molecule has 0 saturated heterocycles. The summed E-state index contributed by atoms with van der Waals surface area (Å²) >= 11 is 12.5. The summed E-state index contributed by atoms with van der Waals surface area (Å²) < 4.78 is 39.8. The van der Waals surface area contributed by atoms with E-state index < -0.39 is 17.5 Å². The van der Waals surface area contributed by atoms with Crippen molar-refractivity contribution in [3.05, 3.63) is 128 Å². The highest BCUT2D eigenvalue weighted by Crippen LogP contribution is 2.37. The molecule has 2 aromatic heterocycles. The van der Waals surface area contributed by atoms with Gasteiger partial charge < -0.3 is 20.5 Å². The average Bonchev–Trinajstić information content (AvgIpc) is 3.54. The molecule has 0 atom stereocenters. The first-order chi connectivity index (χ1) is 25.2. The van der Waals surface area contributed by atoms with Gasteiger partial charge in [-0.3, -0.25) is 28.3 Å². The molecule has 274 valence electrons. The van der Waals surface area contributed by atoms with Crippen LogP contribution in [0, 0.1) is 25.5 Å². The number of nitrogens with two attached hydrogens (primary N) is 1. The van der Waals surface area contributed by atoms with Gasteiger partial charge in [-0.05, 0) is 97.8 Å². The summed E-state index contributed by atoms with van der Waals surface area (Å²) in [7, 11) is 4.53. The molecule has 3 N–H and O–H groups in total. The quantitative estimate of drug-likeness (QED) is 0.169. The lowest BCUT2D eigenvalue weighted by molar-refractivity contribution is -0.120. The maximum Gasteiger partial charge on any atom is 0.262 e. The predicted molar refractivity (Wildman–Crippen MR) is 199 cm³/mol. The summed E-state index contributed by atoms with van der Waals surface area (Å²) in [6.45, 7) is 3.49. The molecule has 0 spiro atoms. The zero-order chi connectivity index (χ0) is 38.7. The minimum Gasteiger partial charge on any atom is -0.495 e. The number of amides is 2. The number of carbonyl (C=O) groups is 4. The first-order valence-corrected chi connectivity index (χ1v) is 16.8. The van der Waals surface area contributed by atoms with E-state index in [2.05, 4.69) is 5.32 Å². The summed E-state index contributed by atoms with van der Waals surface area (Å²) in [6, 6.07) is 17.2. The van der Waals surface area contributed by atoms with Crippen LogP contribution in [0.25, 0.3) is 21.8 Å². The standard InChI is InChI=1S/C20H18ClFN2O3.C19H16ClFN2O3/c1-11-14(9-19(25)23-2)15-8-18(27-3)16(21)10-17(15)24(11)20(26)12-4-6-13(22)7-5-12;1-10-13(8-18(22)24)14-7-17(26-2)15(20)9-16(14)23(10)19(25)11-3-5-12(21)6-4-11/h4-8,10H,9H2,1-3H3,(H,23,25);3-7,9H,8H2,1-2H3,(H2,22,24). The van der Waals surface area contributed by atoms with Crippen LogP contribution in [-0.2, 0) is 22.4 Å². The normalized spacial score (nSPS) is 10.9. The molecule has 0 saturated carbocycles. The Morgan fingerprint density at radius 1 is 0.679 bits per heavy atom. The summed E-state index contributed by atoms with van der Waals surface area (Å²) in [4.78, 5) is 49.6. The average molecular weight is 764 g/mol. The van der Waals surface area contributed by atoms with Crippen LogP contribution in [0.5, 0.6) is 11.5 Å². The van der Waals surface area contributed by atoms with Crippen LogP contribution in [0.1, 0.15) is 43.2 Å². The van der Waals surface area contributed by atoms with Crippen molar-refractivity contribution in [2.24, 2.45) is 5.73 Å². The monoisotopic (exact) mass is 762 g/mol. The highest BCUT2D eigenvalue weighted by molar-refractivity contribution is 6.33. The third-order valence-electron chi connectivity index (χ3n) is 8.77. The van der Waals surface area contributed by atoms with Crippen molar-refractivity contribution in [1.82, 2.24) is 14.5 Å². The molecule has 2 heterocycles. The second-order valence-electron chi connectivity index (χ2n) is 11.9. The number of hydrogen-bond acceptors (Lipinski definition) is 6. The van der Waals surface area contributed by atoms with Crippen molar-refractivity contribution in [2.75, 3.05) is 21.3 Å². The SMILES string of the molecule is CNC(=O)Cc1c(C)n(C(=O)c2ccc(F)cc2)c2cc(Cl)c(OC)cc12.COc1cc2c(CC(N)=O)c(C)n(C(=O)c3ccc(F)cc3)c2cc1Cl. The second kappa shape index (κ2) is 15.9. The molecule has 10 nitrogen and oxygen atoms in total. The first-order valence-electron chi connectivity index (χ1n) is 16.0. The van der Waals surface area contributed by atoms with Crippen LogP contribution in [0.3, 0.4) is 0 Å². The van der Waals surface area contributed by atoms with Crippen LogP contribution in [0.15, 0.2) is 72.8 Å². The third kappa shape index (κ3) is 7.74. The fourth-order valence-corrected chi connectivity index (χ4v) is 6.58. The van der Waals surface area contributed by atoms with Crippen molar-refractivity contribution in [3.63, 3.8) is 0 Å². The third-order valence-corrected chi connectivity index (χ3v) is 9.36. The number of hydrogen-bond donors (Lipinski definition) is 2. The maximum absolute atomic E-state index is 13.2. The van der Waals surface area contributed by atoms with Crippen molar-refractivity contribution >= 4 is 68.6 Å². The second-order valence-corrected chi connectivity index (χ2v) is 12.7. The largest absolute Gasteiger partial charge is 0.495 e. The Morgan fingerprint density at radius 3 is 1.40 bits per heavy atom. The van der Waals surface area contributed by atoms with Crippen molar-refractivity contribution in [2.45, 2.75) is 26.7 Å². The molecular formula is C39H34Cl2F2N4O6.